The predicted octanol–water partition coefficient (Wildman–Crippen LogP) is 1.76. The van der Waals surface area contributed by atoms with Gasteiger partial charge in [-0.25, -0.2) is 0 Å². The van der Waals surface area contributed by atoms with Crippen LogP contribution in [0.25, 0.3) is 0 Å². The lowest BCUT2D eigenvalue weighted by Gasteiger charge is -2.11. The number of rotatable bonds is 5. The van der Waals surface area contributed by atoms with Crippen molar-refractivity contribution in [2.24, 2.45) is 5.73 Å². The molecular weight excluding hydrogens is 188 g/mol. The van der Waals surface area contributed by atoms with Gasteiger partial charge in [-0.15, -0.1) is 6.58 Å². The zero-order valence-corrected chi connectivity index (χ0v) is 8.52. The molecule has 0 radical (unpaired) electrons. The van der Waals surface area contributed by atoms with Gasteiger partial charge in [0.25, 0.3) is 0 Å². The maximum atomic E-state index is 8.62. The van der Waals surface area contributed by atoms with Gasteiger partial charge in [-0.1, -0.05) is 18.2 Å². The van der Waals surface area contributed by atoms with E-state index in [0.29, 0.717) is 18.8 Å². The predicted molar refractivity (Wildman–Crippen MR) is 59.1 cm³/mol. The summed E-state index contributed by atoms with van der Waals surface area (Å²) in [7, 11) is 0. The second-order valence-electron chi connectivity index (χ2n) is 3.17. The first kappa shape index (κ1) is 11.4. The van der Waals surface area contributed by atoms with E-state index in [1.165, 1.54) is 0 Å². The Hall–Kier alpha value is -1.63. The highest BCUT2D eigenvalue weighted by molar-refractivity contribution is 5.32. The fourth-order valence-corrected chi connectivity index (χ4v) is 1.18. The molecule has 0 heterocycles. The molecular formula is C12H14N2O. The fourth-order valence-electron chi connectivity index (χ4n) is 1.18. The van der Waals surface area contributed by atoms with Gasteiger partial charge >= 0.3 is 0 Å². The lowest BCUT2D eigenvalue weighted by atomic mass is 10.1. The summed E-state index contributed by atoms with van der Waals surface area (Å²) in [5.41, 5.74) is 7.49. The van der Waals surface area contributed by atoms with E-state index in [9.17, 15) is 0 Å². The summed E-state index contributed by atoms with van der Waals surface area (Å²) in [4.78, 5) is 0. The normalized spacial score (nSPS) is 11.7. The van der Waals surface area contributed by atoms with Crippen LogP contribution in [0.2, 0.25) is 0 Å². The zero-order valence-electron chi connectivity index (χ0n) is 8.52. The van der Waals surface area contributed by atoms with E-state index < -0.39 is 0 Å². The lowest BCUT2D eigenvalue weighted by molar-refractivity contribution is 0.147. The van der Waals surface area contributed by atoms with Gasteiger partial charge in [0.15, 0.2) is 0 Å². The third-order valence-electron chi connectivity index (χ3n) is 2.00. The fraction of sp³-hybridized carbons (Fsp3) is 0.250. The van der Waals surface area contributed by atoms with E-state index in [1.54, 1.807) is 18.2 Å². The summed E-state index contributed by atoms with van der Waals surface area (Å²) in [5, 5.41) is 8.62. The summed E-state index contributed by atoms with van der Waals surface area (Å²) in [6.07, 6.45) is 1.69. The topological polar surface area (TPSA) is 59.0 Å². The van der Waals surface area contributed by atoms with Crippen LogP contribution in [-0.2, 0) is 4.74 Å². The van der Waals surface area contributed by atoms with Crippen LogP contribution in [0.3, 0.4) is 0 Å². The van der Waals surface area contributed by atoms with Crippen LogP contribution in [0.5, 0.6) is 0 Å². The second kappa shape index (κ2) is 5.97. The highest BCUT2D eigenvalue weighted by Crippen LogP contribution is 2.11. The summed E-state index contributed by atoms with van der Waals surface area (Å²) in [5.74, 6) is 0. The van der Waals surface area contributed by atoms with Gasteiger partial charge in [0.05, 0.1) is 30.9 Å². The minimum atomic E-state index is -0.155. The van der Waals surface area contributed by atoms with Crippen molar-refractivity contribution in [3.8, 4) is 6.07 Å². The van der Waals surface area contributed by atoms with Crippen molar-refractivity contribution >= 4 is 0 Å². The molecule has 0 unspecified atom stereocenters. The second-order valence-corrected chi connectivity index (χ2v) is 3.17. The average Bonchev–Trinajstić information content (AvgIpc) is 2.29. The van der Waals surface area contributed by atoms with Crippen LogP contribution < -0.4 is 5.73 Å². The first-order valence-electron chi connectivity index (χ1n) is 4.72. The molecule has 0 fully saturated rings. The van der Waals surface area contributed by atoms with Gasteiger partial charge in [-0.05, 0) is 17.7 Å². The minimum Gasteiger partial charge on any atom is -0.375 e. The Balaban J connectivity index is 2.54. The third kappa shape index (κ3) is 3.55. The van der Waals surface area contributed by atoms with Gasteiger partial charge < -0.3 is 10.5 Å². The third-order valence-corrected chi connectivity index (χ3v) is 2.00. The summed E-state index contributed by atoms with van der Waals surface area (Å²) < 4.78 is 5.25. The minimum absolute atomic E-state index is 0.155. The van der Waals surface area contributed by atoms with E-state index >= 15 is 0 Å². The first-order chi connectivity index (χ1) is 7.27. The Kier molecular flexibility index (Phi) is 4.55. The number of ether oxygens (including phenoxy) is 1. The monoisotopic (exact) mass is 202 g/mol. The van der Waals surface area contributed by atoms with E-state index in [4.69, 9.17) is 15.7 Å². The van der Waals surface area contributed by atoms with Crippen LogP contribution in [0.1, 0.15) is 17.2 Å². The number of hydrogen-bond donors (Lipinski definition) is 1. The SMILES string of the molecule is C=CCOC[C@H](N)c1ccc(C#N)cc1. The standard InChI is InChI=1S/C12H14N2O/c1-2-7-15-9-12(14)11-5-3-10(8-13)4-6-11/h2-6,12H,1,7,9,14H2/t12-/m0/s1. The number of hydrogen-bond acceptors (Lipinski definition) is 3. The highest BCUT2D eigenvalue weighted by Gasteiger charge is 2.05. The Morgan fingerprint density at radius 3 is 2.67 bits per heavy atom. The van der Waals surface area contributed by atoms with Crippen molar-refractivity contribution in [2.45, 2.75) is 6.04 Å². The molecule has 0 aliphatic rings. The number of nitrogens with two attached hydrogens (primary N) is 1. The van der Waals surface area contributed by atoms with Gasteiger partial charge in [-0.2, -0.15) is 5.26 Å². The molecule has 15 heavy (non-hydrogen) atoms. The van der Waals surface area contributed by atoms with E-state index in [-0.39, 0.29) is 6.04 Å². The molecule has 0 saturated carbocycles. The van der Waals surface area contributed by atoms with Gasteiger partial charge in [0.2, 0.25) is 0 Å². The van der Waals surface area contributed by atoms with Crippen LogP contribution in [0, 0.1) is 11.3 Å². The van der Waals surface area contributed by atoms with Crippen LogP contribution in [-0.4, -0.2) is 13.2 Å². The van der Waals surface area contributed by atoms with E-state index in [1.807, 2.05) is 12.1 Å². The molecule has 1 atom stereocenters. The molecule has 1 aromatic carbocycles. The Morgan fingerprint density at radius 2 is 2.13 bits per heavy atom. The molecule has 2 N–H and O–H groups in total. The van der Waals surface area contributed by atoms with E-state index in [0.717, 1.165) is 5.56 Å². The van der Waals surface area contributed by atoms with Crippen LogP contribution in [0.4, 0.5) is 0 Å². The molecule has 1 aromatic rings. The van der Waals surface area contributed by atoms with Crippen molar-refractivity contribution in [2.75, 3.05) is 13.2 Å². The molecule has 3 heteroatoms. The average molecular weight is 202 g/mol. The molecule has 78 valence electrons. The molecule has 0 aliphatic heterocycles. The van der Waals surface area contributed by atoms with Crippen molar-refractivity contribution in [3.05, 3.63) is 48.0 Å². The van der Waals surface area contributed by atoms with Crippen LogP contribution in [0.15, 0.2) is 36.9 Å². The molecule has 0 amide bonds. The number of nitriles is 1. The van der Waals surface area contributed by atoms with Crippen molar-refractivity contribution in [1.82, 2.24) is 0 Å². The maximum Gasteiger partial charge on any atom is 0.0991 e. The molecule has 0 aliphatic carbocycles. The molecule has 3 nitrogen and oxygen atoms in total. The Morgan fingerprint density at radius 1 is 1.47 bits per heavy atom. The van der Waals surface area contributed by atoms with Gasteiger partial charge in [0.1, 0.15) is 0 Å². The first-order valence-corrected chi connectivity index (χ1v) is 4.72. The summed E-state index contributed by atoms with van der Waals surface area (Å²) in [6.45, 7) is 4.51. The van der Waals surface area contributed by atoms with Gasteiger partial charge in [0, 0.05) is 0 Å². The smallest absolute Gasteiger partial charge is 0.0991 e. The molecule has 0 spiro atoms. The largest absolute Gasteiger partial charge is 0.375 e. The van der Waals surface area contributed by atoms with Gasteiger partial charge in [-0.3, -0.25) is 0 Å². The van der Waals surface area contributed by atoms with Crippen molar-refractivity contribution < 1.29 is 4.74 Å². The van der Waals surface area contributed by atoms with Crippen LogP contribution >= 0.6 is 0 Å². The molecule has 1 rings (SSSR count). The number of benzene rings is 1. The highest BCUT2D eigenvalue weighted by atomic mass is 16.5. The number of nitrogens with zero attached hydrogens (tertiary/aromatic N) is 1. The molecule has 0 saturated heterocycles. The maximum absolute atomic E-state index is 8.62. The lowest BCUT2D eigenvalue weighted by Crippen LogP contribution is -2.17. The quantitative estimate of drug-likeness (QED) is 0.584. The zero-order chi connectivity index (χ0) is 11.1. The van der Waals surface area contributed by atoms with Crippen molar-refractivity contribution in [1.29, 1.82) is 5.26 Å². The molecule has 0 bridgehead atoms. The Labute approximate surface area is 89.8 Å². The summed E-state index contributed by atoms with van der Waals surface area (Å²) >= 11 is 0. The Bertz CT molecular complexity index is 351. The molecule has 0 aromatic heterocycles. The summed E-state index contributed by atoms with van der Waals surface area (Å²) in [6, 6.07) is 9.11. The van der Waals surface area contributed by atoms with Crippen molar-refractivity contribution in [3.63, 3.8) is 0 Å². The van der Waals surface area contributed by atoms with E-state index in [2.05, 4.69) is 12.6 Å².